The van der Waals surface area contributed by atoms with Gasteiger partial charge in [-0.15, -0.1) is 0 Å². The summed E-state index contributed by atoms with van der Waals surface area (Å²) >= 11 is 0. The molecule has 3 heterocycles. The smallest absolute Gasteiger partial charge is 0.358 e. The van der Waals surface area contributed by atoms with Crippen molar-refractivity contribution in [3.63, 3.8) is 0 Å². The lowest BCUT2D eigenvalue weighted by atomic mass is 9.94. The minimum Gasteiger partial charge on any atom is -0.358 e. The van der Waals surface area contributed by atoms with Gasteiger partial charge in [0.15, 0.2) is 5.82 Å². The zero-order chi connectivity index (χ0) is 14.9. The molecule has 0 bridgehead atoms. The molecule has 8 heteroatoms. The predicted octanol–water partition coefficient (Wildman–Crippen LogP) is 1.64. The molecule has 1 atom stereocenters. The molecule has 1 N–H and O–H groups in total. The fourth-order valence-electron chi connectivity index (χ4n) is 2.29. The molecule has 21 heavy (non-hydrogen) atoms. The Bertz CT molecular complexity index is 605. The van der Waals surface area contributed by atoms with Crippen LogP contribution in [-0.2, 0) is 10.3 Å². The summed E-state index contributed by atoms with van der Waals surface area (Å²) in [6.45, 7) is 0.0604. The normalized spacial score (nSPS) is 23.2. The monoisotopic (exact) mass is 298 g/mol. The molecule has 0 spiro atoms. The first-order valence-corrected chi connectivity index (χ1v) is 6.41. The summed E-state index contributed by atoms with van der Waals surface area (Å²) in [7, 11) is 0. The Morgan fingerprint density at radius 1 is 1.33 bits per heavy atom. The van der Waals surface area contributed by atoms with E-state index in [9.17, 15) is 13.2 Å². The summed E-state index contributed by atoms with van der Waals surface area (Å²) in [5.74, 6) is 0.449. The highest BCUT2D eigenvalue weighted by molar-refractivity contribution is 5.27. The van der Waals surface area contributed by atoms with Gasteiger partial charge in [0, 0.05) is 31.0 Å². The molecule has 3 rings (SSSR count). The standard InChI is InChI=1S/C13H13F3N4O/c14-13(15,16)12(9-17-5-6-21-12)10-7-19-20(8-10)11-3-1-2-4-18-11/h1-4,7-8,17H,5-6,9H2. The molecule has 0 amide bonds. The number of nitrogens with one attached hydrogen (secondary N) is 1. The molecule has 112 valence electrons. The average Bonchev–Trinajstić information content (AvgIpc) is 2.98. The van der Waals surface area contributed by atoms with E-state index in [4.69, 9.17) is 4.74 Å². The second-order valence-corrected chi connectivity index (χ2v) is 4.71. The molecule has 0 aromatic carbocycles. The summed E-state index contributed by atoms with van der Waals surface area (Å²) in [6, 6.07) is 5.12. The number of morpholine rings is 1. The van der Waals surface area contributed by atoms with Crippen LogP contribution < -0.4 is 5.32 Å². The van der Waals surface area contributed by atoms with E-state index in [1.807, 2.05) is 0 Å². The molecule has 5 nitrogen and oxygen atoms in total. The Morgan fingerprint density at radius 2 is 2.19 bits per heavy atom. The zero-order valence-corrected chi connectivity index (χ0v) is 11.0. The SMILES string of the molecule is FC(F)(F)C1(c2cnn(-c3ccccn3)c2)CNCCO1. The van der Waals surface area contributed by atoms with Crippen LogP contribution in [0.4, 0.5) is 13.2 Å². The van der Waals surface area contributed by atoms with Gasteiger partial charge in [-0.25, -0.2) is 9.67 Å². The Morgan fingerprint density at radius 3 is 2.81 bits per heavy atom. The Balaban J connectivity index is 2.00. The van der Waals surface area contributed by atoms with Crippen LogP contribution in [0.15, 0.2) is 36.8 Å². The van der Waals surface area contributed by atoms with Gasteiger partial charge in [-0.1, -0.05) is 6.07 Å². The van der Waals surface area contributed by atoms with E-state index < -0.39 is 11.8 Å². The van der Waals surface area contributed by atoms with Crippen molar-refractivity contribution in [3.05, 3.63) is 42.4 Å². The number of halogens is 3. The van der Waals surface area contributed by atoms with Crippen LogP contribution >= 0.6 is 0 Å². The highest BCUT2D eigenvalue weighted by Crippen LogP contribution is 2.42. The van der Waals surface area contributed by atoms with Crippen LogP contribution in [-0.4, -0.2) is 40.6 Å². The van der Waals surface area contributed by atoms with Crippen molar-refractivity contribution in [2.24, 2.45) is 0 Å². The number of nitrogens with zero attached hydrogens (tertiary/aromatic N) is 3. The van der Waals surface area contributed by atoms with E-state index in [0.717, 1.165) is 0 Å². The number of hydrogen-bond acceptors (Lipinski definition) is 4. The molecule has 1 unspecified atom stereocenters. The second-order valence-electron chi connectivity index (χ2n) is 4.71. The highest BCUT2D eigenvalue weighted by Gasteiger charge is 2.58. The van der Waals surface area contributed by atoms with Crippen LogP contribution in [0.2, 0.25) is 0 Å². The van der Waals surface area contributed by atoms with Crippen LogP contribution in [0, 0.1) is 0 Å². The molecule has 2 aromatic heterocycles. The summed E-state index contributed by atoms with van der Waals surface area (Å²) in [5.41, 5.74) is -2.40. The molecule has 0 saturated carbocycles. The second kappa shape index (κ2) is 5.12. The summed E-state index contributed by atoms with van der Waals surface area (Å²) in [4.78, 5) is 4.06. The number of rotatable bonds is 2. The van der Waals surface area contributed by atoms with Crippen molar-refractivity contribution in [2.75, 3.05) is 19.7 Å². The van der Waals surface area contributed by atoms with Crippen LogP contribution in [0.3, 0.4) is 0 Å². The van der Waals surface area contributed by atoms with Crippen molar-refractivity contribution in [1.29, 1.82) is 0 Å². The lowest BCUT2D eigenvalue weighted by Gasteiger charge is -2.38. The van der Waals surface area contributed by atoms with Crippen molar-refractivity contribution in [2.45, 2.75) is 11.8 Å². The van der Waals surface area contributed by atoms with E-state index in [2.05, 4.69) is 15.4 Å². The van der Waals surface area contributed by atoms with Crippen LogP contribution in [0.1, 0.15) is 5.56 Å². The third kappa shape index (κ3) is 2.40. The Kier molecular flexibility index (Phi) is 3.42. The van der Waals surface area contributed by atoms with Gasteiger partial charge in [0.2, 0.25) is 5.60 Å². The molecule has 1 aliphatic heterocycles. The summed E-state index contributed by atoms with van der Waals surface area (Å²) in [6.07, 6.45) is -0.495. The lowest BCUT2D eigenvalue weighted by Crippen LogP contribution is -2.56. The molecule has 2 aromatic rings. The molecule has 0 radical (unpaired) electrons. The molecular weight excluding hydrogens is 285 g/mol. The quantitative estimate of drug-likeness (QED) is 0.916. The van der Waals surface area contributed by atoms with Crippen LogP contribution in [0.25, 0.3) is 5.82 Å². The topological polar surface area (TPSA) is 52.0 Å². The fourth-order valence-corrected chi connectivity index (χ4v) is 2.29. The number of aromatic nitrogens is 3. The zero-order valence-electron chi connectivity index (χ0n) is 11.0. The number of alkyl halides is 3. The molecule has 1 fully saturated rings. The minimum atomic E-state index is -4.53. The van der Waals surface area contributed by atoms with Crippen molar-refractivity contribution < 1.29 is 17.9 Å². The summed E-state index contributed by atoms with van der Waals surface area (Å²) in [5, 5.41) is 6.70. The van der Waals surface area contributed by atoms with Crippen molar-refractivity contribution in [3.8, 4) is 5.82 Å². The first-order valence-electron chi connectivity index (χ1n) is 6.41. The van der Waals surface area contributed by atoms with Gasteiger partial charge in [0.1, 0.15) is 0 Å². The third-order valence-corrected chi connectivity index (χ3v) is 3.39. The predicted molar refractivity (Wildman–Crippen MR) is 67.9 cm³/mol. The molecule has 1 saturated heterocycles. The fraction of sp³-hybridized carbons (Fsp3) is 0.385. The maximum Gasteiger partial charge on any atom is 0.423 e. The number of pyridine rings is 1. The Hall–Kier alpha value is -1.93. The third-order valence-electron chi connectivity index (χ3n) is 3.39. The maximum atomic E-state index is 13.5. The van der Waals surface area contributed by atoms with Gasteiger partial charge in [-0.05, 0) is 12.1 Å². The van der Waals surface area contributed by atoms with E-state index >= 15 is 0 Å². The van der Waals surface area contributed by atoms with Crippen molar-refractivity contribution >= 4 is 0 Å². The van der Waals surface area contributed by atoms with E-state index in [0.29, 0.717) is 12.4 Å². The van der Waals surface area contributed by atoms with E-state index in [-0.39, 0.29) is 18.7 Å². The molecule has 1 aliphatic rings. The van der Waals surface area contributed by atoms with Gasteiger partial charge in [0.25, 0.3) is 0 Å². The number of hydrogen-bond donors (Lipinski definition) is 1. The molecule has 0 aliphatic carbocycles. The van der Waals surface area contributed by atoms with Gasteiger partial charge in [-0.2, -0.15) is 18.3 Å². The lowest BCUT2D eigenvalue weighted by molar-refractivity contribution is -0.290. The minimum absolute atomic E-state index is 0.00568. The van der Waals surface area contributed by atoms with E-state index in [1.165, 1.54) is 17.1 Å². The molecular formula is C13H13F3N4O. The van der Waals surface area contributed by atoms with Gasteiger partial charge < -0.3 is 10.1 Å². The van der Waals surface area contributed by atoms with Gasteiger partial charge >= 0.3 is 6.18 Å². The maximum absolute atomic E-state index is 13.5. The summed E-state index contributed by atoms with van der Waals surface area (Å²) < 4.78 is 46.8. The largest absolute Gasteiger partial charge is 0.423 e. The number of ether oxygens (including phenoxy) is 1. The highest BCUT2D eigenvalue weighted by atomic mass is 19.4. The Labute approximate surface area is 118 Å². The van der Waals surface area contributed by atoms with Crippen LogP contribution in [0.5, 0.6) is 0 Å². The van der Waals surface area contributed by atoms with Crippen molar-refractivity contribution in [1.82, 2.24) is 20.1 Å². The van der Waals surface area contributed by atoms with E-state index in [1.54, 1.807) is 24.4 Å². The van der Waals surface area contributed by atoms with Gasteiger partial charge in [-0.3, -0.25) is 0 Å². The first kappa shape index (κ1) is 14.0. The average molecular weight is 298 g/mol. The van der Waals surface area contributed by atoms with Gasteiger partial charge in [0.05, 0.1) is 12.8 Å². The first-order chi connectivity index (χ1) is 10.0.